The van der Waals surface area contributed by atoms with Gasteiger partial charge in [0.05, 0.1) is 18.9 Å². The lowest BCUT2D eigenvalue weighted by molar-refractivity contribution is -0.116. The second-order valence-corrected chi connectivity index (χ2v) is 5.43. The van der Waals surface area contributed by atoms with Crippen LogP contribution in [-0.2, 0) is 11.2 Å². The zero-order valence-electron chi connectivity index (χ0n) is 14.2. The molecule has 4 heteroatoms. The summed E-state index contributed by atoms with van der Waals surface area (Å²) in [6, 6.07) is 15.7. The van der Waals surface area contributed by atoms with E-state index in [2.05, 4.69) is 4.98 Å². The highest BCUT2D eigenvalue weighted by Crippen LogP contribution is 2.30. The molecule has 0 bridgehead atoms. The molecule has 24 heavy (non-hydrogen) atoms. The van der Waals surface area contributed by atoms with Gasteiger partial charge in [-0.05, 0) is 37.1 Å². The smallest absolute Gasteiger partial charge is 0.181 e. The molecule has 0 aliphatic carbocycles. The Morgan fingerprint density at radius 3 is 2.50 bits per heavy atom. The van der Waals surface area contributed by atoms with Crippen molar-refractivity contribution in [3.8, 4) is 17.1 Å². The van der Waals surface area contributed by atoms with E-state index in [0.717, 1.165) is 28.2 Å². The van der Waals surface area contributed by atoms with E-state index in [0.29, 0.717) is 6.42 Å². The first-order valence-corrected chi connectivity index (χ1v) is 7.67. The van der Waals surface area contributed by atoms with E-state index in [1.807, 2.05) is 55.5 Å². The predicted octanol–water partition coefficient (Wildman–Crippen LogP) is 4.48. The topological polar surface area (TPSA) is 52.3 Å². The first-order valence-electron chi connectivity index (χ1n) is 7.67. The van der Waals surface area contributed by atoms with Gasteiger partial charge in [-0.15, -0.1) is 0 Å². The first kappa shape index (κ1) is 17.5. The van der Waals surface area contributed by atoms with Gasteiger partial charge in [0, 0.05) is 6.42 Å². The fourth-order valence-corrected chi connectivity index (χ4v) is 2.23. The molecular weight excluding hydrogens is 302 g/mol. The molecule has 0 saturated heterocycles. The van der Waals surface area contributed by atoms with E-state index in [1.165, 1.54) is 6.39 Å². The monoisotopic (exact) mass is 323 g/mol. The normalized spacial score (nSPS) is 9.79. The predicted molar refractivity (Wildman–Crippen MR) is 94.1 cm³/mol. The molecule has 0 amide bonds. The standard InChI is InChI=1S/C11H11NO2.C9H10O/c1-8-3-4-9(10(5-8)13-2)11-6-12-7-14-11;1-8(10)7-9-5-3-2-4-6-9/h3-7H,1-2H3;2-6H,7H2,1H3. The summed E-state index contributed by atoms with van der Waals surface area (Å²) in [4.78, 5) is 14.5. The van der Waals surface area contributed by atoms with Gasteiger partial charge in [0.2, 0.25) is 0 Å². The van der Waals surface area contributed by atoms with Crippen molar-refractivity contribution in [3.05, 3.63) is 72.2 Å². The van der Waals surface area contributed by atoms with Gasteiger partial charge in [-0.3, -0.25) is 4.79 Å². The van der Waals surface area contributed by atoms with Gasteiger partial charge >= 0.3 is 0 Å². The maximum absolute atomic E-state index is 10.6. The molecular formula is C20H21NO3. The Balaban J connectivity index is 0.000000185. The van der Waals surface area contributed by atoms with E-state index in [9.17, 15) is 4.79 Å². The SMILES string of the molecule is CC(=O)Cc1ccccc1.COc1cc(C)ccc1-c1cnco1. The molecule has 1 heterocycles. The summed E-state index contributed by atoms with van der Waals surface area (Å²) in [6.45, 7) is 3.62. The number of rotatable bonds is 4. The van der Waals surface area contributed by atoms with Crippen LogP contribution >= 0.6 is 0 Å². The zero-order chi connectivity index (χ0) is 17.4. The molecule has 0 aliphatic rings. The Labute approximate surface area is 142 Å². The molecule has 0 radical (unpaired) electrons. The molecule has 1 aromatic heterocycles. The number of nitrogens with zero attached hydrogens (tertiary/aromatic N) is 1. The van der Waals surface area contributed by atoms with Crippen molar-refractivity contribution in [1.82, 2.24) is 4.98 Å². The molecule has 2 aromatic carbocycles. The fraction of sp³-hybridized carbons (Fsp3) is 0.200. The average molecular weight is 323 g/mol. The first-order chi connectivity index (χ1) is 11.6. The van der Waals surface area contributed by atoms with Gasteiger partial charge in [-0.1, -0.05) is 36.4 Å². The number of carbonyl (C=O) groups is 1. The van der Waals surface area contributed by atoms with Crippen LogP contribution in [0.5, 0.6) is 5.75 Å². The molecule has 3 rings (SSSR count). The van der Waals surface area contributed by atoms with Crippen LogP contribution in [0.2, 0.25) is 0 Å². The van der Waals surface area contributed by atoms with Crippen LogP contribution in [0.25, 0.3) is 11.3 Å². The molecule has 0 atom stereocenters. The van der Waals surface area contributed by atoms with Crippen molar-refractivity contribution in [3.63, 3.8) is 0 Å². The van der Waals surface area contributed by atoms with Crippen LogP contribution in [0, 0.1) is 6.92 Å². The third-order valence-corrected chi connectivity index (χ3v) is 3.35. The van der Waals surface area contributed by atoms with Crippen LogP contribution in [0.3, 0.4) is 0 Å². The Kier molecular flexibility index (Phi) is 6.32. The number of ketones is 1. The van der Waals surface area contributed by atoms with Crippen LogP contribution in [0.15, 0.2) is 65.5 Å². The number of hydrogen-bond donors (Lipinski definition) is 0. The Morgan fingerprint density at radius 2 is 1.92 bits per heavy atom. The number of hydrogen-bond acceptors (Lipinski definition) is 4. The summed E-state index contributed by atoms with van der Waals surface area (Å²) in [5.74, 6) is 1.75. The molecule has 124 valence electrons. The third-order valence-electron chi connectivity index (χ3n) is 3.35. The quantitative estimate of drug-likeness (QED) is 0.710. The lowest BCUT2D eigenvalue weighted by atomic mass is 10.1. The van der Waals surface area contributed by atoms with Gasteiger partial charge in [0.1, 0.15) is 11.5 Å². The van der Waals surface area contributed by atoms with E-state index in [1.54, 1.807) is 20.2 Å². The minimum absolute atomic E-state index is 0.214. The fourth-order valence-electron chi connectivity index (χ4n) is 2.23. The van der Waals surface area contributed by atoms with Gasteiger partial charge in [-0.2, -0.15) is 0 Å². The number of aryl methyl sites for hydroxylation is 1. The lowest BCUT2D eigenvalue weighted by Crippen LogP contribution is -1.94. The second kappa shape index (κ2) is 8.67. The Hall–Kier alpha value is -2.88. The summed E-state index contributed by atoms with van der Waals surface area (Å²) in [6.07, 6.45) is 3.64. The van der Waals surface area contributed by atoms with E-state index in [4.69, 9.17) is 9.15 Å². The lowest BCUT2D eigenvalue weighted by Gasteiger charge is -2.06. The second-order valence-electron chi connectivity index (χ2n) is 5.43. The maximum atomic E-state index is 10.6. The van der Waals surface area contributed by atoms with Crippen molar-refractivity contribution < 1.29 is 13.9 Å². The molecule has 0 fully saturated rings. The third kappa shape index (κ3) is 5.09. The van der Waals surface area contributed by atoms with Crippen LogP contribution in [0.1, 0.15) is 18.1 Å². The molecule has 4 nitrogen and oxygen atoms in total. The largest absolute Gasteiger partial charge is 0.496 e. The van der Waals surface area contributed by atoms with Gasteiger partial charge in [-0.25, -0.2) is 4.98 Å². The van der Waals surface area contributed by atoms with E-state index >= 15 is 0 Å². The molecule has 0 N–H and O–H groups in total. The molecule has 0 spiro atoms. The summed E-state index contributed by atoms with van der Waals surface area (Å²) in [5.41, 5.74) is 3.18. The van der Waals surface area contributed by atoms with Crippen molar-refractivity contribution in [1.29, 1.82) is 0 Å². The number of methoxy groups -OCH3 is 1. The van der Waals surface area contributed by atoms with Gasteiger partial charge < -0.3 is 9.15 Å². The van der Waals surface area contributed by atoms with Gasteiger partial charge in [0.15, 0.2) is 12.2 Å². The minimum Gasteiger partial charge on any atom is -0.496 e. The van der Waals surface area contributed by atoms with Crippen molar-refractivity contribution in [2.75, 3.05) is 7.11 Å². The molecule has 3 aromatic rings. The number of oxazole rings is 1. The van der Waals surface area contributed by atoms with Gasteiger partial charge in [0.25, 0.3) is 0 Å². The van der Waals surface area contributed by atoms with Crippen LogP contribution < -0.4 is 4.74 Å². The summed E-state index contributed by atoms with van der Waals surface area (Å²) in [7, 11) is 1.65. The van der Waals surface area contributed by atoms with Crippen LogP contribution in [0.4, 0.5) is 0 Å². The Morgan fingerprint density at radius 1 is 1.17 bits per heavy atom. The molecule has 0 saturated carbocycles. The van der Waals surface area contributed by atoms with E-state index in [-0.39, 0.29) is 5.78 Å². The summed E-state index contributed by atoms with van der Waals surface area (Å²) in [5, 5.41) is 0. The molecule has 0 aliphatic heterocycles. The number of Topliss-reactive ketones (excluding diaryl/α,β-unsaturated/α-hetero) is 1. The van der Waals surface area contributed by atoms with E-state index < -0.39 is 0 Å². The van der Waals surface area contributed by atoms with Crippen LogP contribution in [-0.4, -0.2) is 17.9 Å². The minimum atomic E-state index is 0.214. The van der Waals surface area contributed by atoms with Crippen molar-refractivity contribution in [2.45, 2.75) is 20.3 Å². The number of ether oxygens (including phenoxy) is 1. The molecule has 0 unspecified atom stereocenters. The van der Waals surface area contributed by atoms with Crippen molar-refractivity contribution >= 4 is 5.78 Å². The number of carbonyl (C=O) groups excluding carboxylic acids is 1. The number of aromatic nitrogens is 1. The van der Waals surface area contributed by atoms with Crippen molar-refractivity contribution in [2.24, 2.45) is 0 Å². The Bertz CT molecular complexity index is 765. The highest BCUT2D eigenvalue weighted by Gasteiger charge is 2.08. The maximum Gasteiger partial charge on any atom is 0.181 e. The number of benzene rings is 2. The summed E-state index contributed by atoms with van der Waals surface area (Å²) >= 11 is 0. The average Bonchev–Trinajstić information content (AvgIpc) is 3.10. The highest BCUT2D eigenvalue weighted by molar-refractivity contribution is 5.78. The highest BCUT2D eigenvalue weighted by atomic mass is 16.5. The summed E-state index contributed by atoms with van der Waals surface area (Å²) < 4.78 is 10.5. The zero-order valence-corrected chi connectivity index (χ0v) is 14.2.